The Morgan fingerprint density at radius 3 is 2.51 bits per heavy atom. The highest BCUT2D eigenvalue weighted by Gasteiger charge is 2.35. The van der Waals surface area contributed by atoms with Gasteiger partial charge >= 0.3 is 6.18 Å². The lowest BCUT2D eigenvalue weighted by atomic mass is 9.90. The van der Waals surface area contributed by atoms with Gasteiger partial charge in [0, 0.05) is 31.0 Å². The van der Waals surface area contributed by atoms with Crippen LogP contribution in [0.4, 0.5) is 13.2 Å². The number of likely N-dealkylation sites (tertiary alicyclic amines) is 1. The minimum atomic E-state index is -4.50. The molecule has 1 N–H and O–H groups in total. The molecule has 0 bridgehead atoms. The standard InChI is InChI=1S/C36H36Cl2F3N7O3/c1-46(35(50)26-17-24(8-10-32(26)51-2)30-19-42-45-44-30)20-25(23-7-9-27(37)28(38)18-23)13-16-47-14-11-22(12-15-47)33(49)34-43-29-5-3-4-6-31(29)48(34)21-36(39,40)41/h3-10,17-19,22,25H,11-16,20-21H2,1-2H3,(H,42,44,45). The molecule has 2 aromatic heterocycles. The van der Waals surface area contributed by atoms with Crippen molar-refractivity contribution in [2.75, 3.05) is 40.3 Å². The smallest absolute Gasteiger partial charge is 0.406 e. The van der Waals surface area contributed by atoms with Gasteiger partial charge in [0.05, 0.1) is 39.9 Å². The number of H-pyrrole nitrogens is 1. The van der Waals surface area contributed by atoms with E-state index in [1.807, 2.05) is 12.1 Å². The van der Waals surface area contributed by atoms with E-state index in [1.165, 1.54) is 7.11 Å². The van der Waals surface area contributed by atoms with Crippen molar-refractivity contribution in [2.45, 2.75) is 37.9 Å². The van der Waals surface area contributed by atoms with Crippen LogP contribution in [-0.2, 0) is 6.54 Å². The van der Waals surface area contributed by atoms with Crippen LogP contribution in [0.25, 0.3) is 22.3 Å². The first-order valence-corrected chi connectivity index (χ1v) is 17.2. The molecule has 1 aliphatic heterocycles. The zero-order valence-corrected chi connectivity index (χ0v) is 29.5. The second kappa shape index (κ2) is 15.4. The predicted molar refractivity (Wildman–Crippen MR) is 188 cm³/mol. The van der Waals surface area contributed by atoms with Crippen molar-refractivity contribution in [3.05, 3.63) is 93.9 Å². The van der Waals surface area contributed by atoms with E-state index < -0.39 is 18.6 Å². The molecule has 3 aromatic carbocycles. The van der Waals surface area contributed by atoms with Crippen LogP contribution in [0.5, 0.6) is 5.75 Å². The summed E-state index contributed by atoms with van der Waals surface area (Å²) in [5.74, 6) is -0.896. The summed E-state index contributed by atoms with van der Waals surface area (Å²) >= 11 is 12.7. The van der Waals surface area contributed by atoms with Crippen molar-refractivity contribution < 1.29 is 27.5 Å². The molecule has 15 heteroatoms. The zero-order chi connectivity index (χ0) is 36.3. The van der Waals surface area contributed by atoms with E-state index in [0.717, 1.165) is 10.1 Å². The van der Waals surface area contributed by atoms with Crippen molar-refractivity contribution in [2.24, 2.45) is 5.92 Å². The maximum Gasteiger partial charge on any atom is 0.406 e. The topological polar surface area (TPSA) is 109 Å². The number of aromatic nitrogens is 5. The molecule has 1 aliphatic rings. The van der Waals surface area contributed by atoms with Gasteiger partial charge in [-0.15, -0.1) is 0 Å². The Hall–Kier alpha value is -4.46. The van der Waals surface area contributed by atoms with Crippen molar-refractivity contribution in [3.8, 4) is 17.0 Å². The summed E-state index contributed by atoms with van der Waals surface area (Å²) in [5.41, 5.74) is 3.24. The normalized spacial score (nSPS) is 14.9. The lowest BCUT2D eigenvalue weighted by Gasteiger charge is -2.33. The van der Waals surface area contributed by atoms with E-state index in [0.29, 0.717) is 83.6 Å². The Balaban J connectivity index is 1.14. The predicted octanol–water partition coefficient (Wildman–Crippen LogP) is 7.54. The molecule has 1 unspecified atom stereocenters. The van der Waals surface area contributed by atoms with E-state index in [-0.39, 0.29) is 28.9 Å². The minimum Gasteiger partial charge on any atom is -0.496 e. The van der Waals surface area contributed by atoms with Crippen molar-refractivity contribution >= 4 is 45.9 Å². The Kier molecular flexibility index (Phi) is 11.0. The van der Waals surface area contributed by atoms with Gasteiger partial charge in [0.25, 0.3) is 5.91 Å². The van der Waals surface area contributed by atoms with Crippen LogP contribution in [0.3, 0.4) is 0 Å². The van der Waals surface area contributed by atoms with Crippen LogP contribution in [0.2, 0.25) is 10.0 Å². The first kappa shape index (κ1) is 36.3. The molecule has 1 amide bonds. The Bertz CT molecular complexity index is 2010. The number of alkyl halides is 3. The van der Waals surface area contributed by atoms with Crippen LogP contribution >= 0.6 is 23.2 Å². The fourth-order valence-corrected chi connectivity index (χ4v) is 6.97. The maximum atomic E-state index is 13.9. The number of methoxy groups -OCH3 is 1. The molecule has 0 spiro atoms. The molecule has 268 valence electrons. The molecule has 0 radical (unpaired) electrons. The molecule has 3 heterocycles. The summed E-state index contributed by atoms with van der Waals surface area (Å²) in [7, 11) is 3.24. The molecule has 1 saturated heterocycles. The Labute approximate surface area is 302 Å². The Morgan fingerprint density at radius 1 is 1.06 bits per heavy atom. The molecule has 0 saturated carbocycles. The molecule has 6 rings (SSSR count). The number of Topliss-reactive ketones (excluding diaryl/α,β-unsaturated/α-hetero) is 1. The fourth-order valence-electron chi connectivity index (χ4n) is 6.67. The van der Waals surface area contributed by atoms with Gasteiger partial charge in [0.15, 0.2) is 5.82 Å². The minimum absolute atomic E-state index is 0.125. The Morgan fingerprint density at radius 2 is 1.82 bits per heavy atom. The summed E-state index contributed by atoms with van der Waals surface area (Å²) in [6, 6.07) is 17.2. The lowest BCUT2D eigenvalue weighted by molar-refractivity contribution is -0.140. The van der Waals surface area contributed by atoms with Gasteiger partial charge in [-0.05, 0) is 86.9 Å². The third kappa shape index (κ3) is 8.37. The van der Waals surface area contributed by atoms with Crippen molar-refractivity contribution in [3.63, 3.8) is 0 Å². The van der Waals surface area contributed by atoms with Crippen LogP contribution in [0.1, 0.15) is 51.7 Å². The number of ether oxygens (including phenoxy) is 1. The highest BCUT2D eigenvalue weighted by Crippen LogP contribution is 2.32. The van der Waals surface area contributed by atoms with E-state index in [1.54, 1.807) is 66.7 Å². The summed E-state index contributed by atoms with van der Waals surface area (Å²) in [4.78, 5) is 35.6. The van der Waals surface area contributed by atoms with E-state index in [4.69, 9.17) is 27.9 Å². The van der Waals surface area contributed by atoms with E-state index >= 15 is 0 Å². The van der Waals surface area contributed by atoms with Gasteiger partial charge in [-0.2, -0.15) is 28.6 Å². The molecular formula is C36H36Cl2F3N7O3. The quantitative estimate of drug-likeness (QED) is 0.132. The number of halogens is 5. The number of piperidine rings is 1. The van der Waals surface area contributed by atoms with Crippen molar-refractivity contribution in [1.29, 1.82) is 0 Å². The summed E-state index contributed by atoms with van der Waals surface area (Å²) in [6.07, 6.45) is -1.29. The second-order valence-electron chi connectivity index (χ2n) is 12.7. The van der Waals surface area contributed by atoms with Crippen LogP contribution in [-0.4, -0.2) is 93.0 Å². The number of nitrogens with one attached hydrogen (secondary N) is 1. The van der Waals surface area contributed by atoms with Gasteiger partial charge in [-0.25, -0.2) is 4.98 Å². The first-order valence-electron chi connectivity index (χ1n) is 16.4. The van der Waals surface area contributed by atoms with Gasteiger partial charge in [-0.3, -0.25) is 9.59 Å². The van der Waals surface area contributed by atoms with Gasteiger partial charge in [-0.1, -0.05) is 41.4 Å². The molecule has 5 aromatic rings. The summed E-state index contributed by atoms with van der Waals surface area (Å²) in [5, 5.41) is 11.4. The molecule has 0 aliphatic carbocycles. The largest absolute Gasteiger partial charge is 0.496 e. The zero-order valence-electron chi connectivity index (χ0n) is 28.0. The number of imidazole rings is 1. The van der Waals surface area contributed by atoms with Crippen LogP contribution < -0.4 is 4.74 Å². The van der Waals surface area contributed by atoms with Crippen molar-refractivity contribution in [1.82, 2.24) is 34.8 Å². The number of amides is 1. The number of fused-ring (bicyclic) bond motifs is 1. The van der Waals surface area contributed by atoms with Crippen LogP contribution in [0.15, 0.2) is 66.9 Å². The number of carbonyl (C=O) groups excluding carboxylic acids is 2. The number of ketones is 1. The highest BCUT2D eigenvalue weighted by molar-refractivity contribution is 6.42. The number of likely N-dealkylation sites (N-methyl/N-ethyl adjacent to an activating group) is 1. The average Bonchev–Trinajstić information content (AvgIpc) is 3.79. The second-order valence-corrected chi connectivity index (χ2v) is 13.5. The molecule has 1 atom stereocenters. The molecule has 10 nitrogen and oxygen atoms in total. The SMILES string of the molecule is COc1ccc(-c2cn[nH]n2)cc1C(=O)N(C)CC(CCN1CCC(C(=O)c2nc3ccccc3n2CC(F)(F)F)CC1)c1ccc(Cl)c(Cl)c1. The van der Waals surface area contributed by atoms with Gasteiger partial charge in [0.1, 0.15) is 18.0 Å². The fraction of sp³-hybridized carbons (Fsp3) is 0.361. The number of benzene rings is 3. The maximum absolute atomic E-state index is 13.9. The van der Waals surface area contributed by atoms with Gasteiger partial charge < -0.3 is 19.1 Å². The monoisotopic (exact) mass is 741 g/mol. The average molecular weight is 743 g/mol. The van der Waals surface area contributed by atoms with Gasteiger partial charge in [0.2, 0.25) is 5.78 Å². The number of rotatable bonds is 12. The molecule has 1 fully saturated rings. The number of nitrogens with zero attached hydrogens (tertiary/aromatic N) is 6. The summed E-state index contributed by atoms with van der Waals surface area (Å²) < 4.78 is 47.0. The molecular weight excluding hydrogens is 706 g/mol. The van der Waals surface area contributed by atoms with E-state index in [9.17, 15) is 22.8 Å². The number of carbonyl (C=O) groups is 2. The number of hydrogen-bond acceptors (Lipinski definition) is 7. The first-order chi connectivity index (χ1) is 24.4. The third-order valence-electron chi connectivity index (χ3n) is 9.36. The number of para-hydroxylation sites is 2. The van der Waals surface area contributed by atoms with E-state index in [2.05, 4.69) is 25.3 Å². The number of aromatic amines is 1. The summed E-state index contributed by atoms with van der Waals surface area (Å²) in [6.45, 7) is 0.916. The number of hydrogen-bond donors (Lipinski definition) is 1. The highest BCUT2D eigenvalue weighted by atomic mass is 35.5. The third-order valence-corrected chi connectivity index (χ3v) is 10.1. The van der Waals surface area contributed by atoms with Crippen LogP contribution in [0, 0.1) is 5.92 Å². The molecule has 51 heavy (non-hydrogen) atoms. The lowest BCUT2D eigenvalue weighted by Crippen LogP contribution is -2.39.